The Bertz CT molecular complexity index is 600. The van der Waals surface area contributed by atoms with E-state index in [9.17, 15) is 4.79 Å². The molecule has 2 rings (SSSR count). The van der Waals surface area contributed by atoms with Crippen LogP contribution in [0.25, 0.3) is 0 Å². The highest BCUT2D eigenvalue weighted by Crippen LogP contribution is 2.17. The molecule has 0 radical (unpaired) electrons. The summed E-state index contributed by atoms with van der Waals surface area (Å²) in [6, 6.07) is 17.8. The van der Waals surface area contributed by atoms with Crippen LogP contribution in [0.3, 0.4) is 0 Å². The molecule has 0 atom stereocenters. The molecule has 5 heteroatoms. The Morgan fingerprint density at radius 3 is 2.46 bits per heavy atom. The van der Waals surface area contributed by atoms with Crippen LogP contribution in [0.5, 0.6) is 5.75 Å². The van der Waals surface area contributed by atoms with Crippen LogP contribution in [0.4, 0.5) is 5.69 Å². The lowest BCUT2D eigenvalue weighted by atomic mass is 10.2. The number of hydrogen-bond acceptors (Lipinski definition) is 4. The smallest absolute Gasteiger partial charge is 0.221 e. The normalized spacial score (nSPS) is 10.2. The summed E-state index contributed by atoms with van der Waals surface area (Å²) in [5, 5.41) is 6.01. The molecule has 0 aliphatic carbocycles. The van der Waals surface area contributed by atoms with Crippen LogP contribution in [-0.2, 0) is 16.1 Å². The summed E-state index contributed by atoms with van der Waals surface area (Å²) >= 11 is 0. The van der Waals surface area contributed by atoms with Crippen molar-refractivity contribution in [1.82, 2.24) is 5.32 Å². The first-order valence-electron chi connectivity index (χ1n) is 8.04. The zero-order valence-corrected chi connectivity index (χ0v) is 14.0. The molecule has 0 heterocycles. The van der Waals surface area contributed by atoms with Crippen LogP contribution < -0.4 is 15.4 Å². The van der Waals surface area contributed by atoms with Crippen molar-refractivity contribution in [2.45, 2.75) is 13.0 Å². The van der Waals surface area contributed by atoms with Crippen molar-refractivity contribution in [3.63, 3.8) is 0 Å². The van der Waals surface area contributed by atoms with Crippen LogP contribution >= 0.6 is 0 Å². The van der Waals surface area contributed by atoms with Crippen molar-refractivity contribution < 1.29 is 14.3 Å². The van der Waals surface area contributed by atoms with Gasteiger partial charge in [-0.15, -0.1) is 0 Å². The van der Waals surface area contributed by atoms with E-state index in [0.29, 0.717) is 32.7 Å². The first-order valence-corrected chi connectivity index (χ1v) is 8.04. The van der Waals surface area contributed by atoms with E-state index >= 15 is 0 Å². The molecule has 0 aliphatic rings. The molecule has 0 aromatic heterocycles. The largest absolute Gasteiger partial charge is 0.489 e. The fraction of sp³-hybridized carbons (Fsp3) is 0.316. The average Bonchev–Trinajstić information content (AvgIpc) is 2.62. The third-order valence-electron chi connectivity index (χ3n) is 3.41. The highest BCUT2D eigenvalue weighted by molar-refractivity contribution is 5.76. The van der Waals surface area contributed by atoms with Gasteiger partial charge in [-0.05, 0) is 29.8 Å². The van der Waals surface area contributed by atoms with Gasteiger partial charge >= 0.3 is 0 Å². The van der Waals surface area contributed by atoms with Crippen molar-refractivity contribution in [1.29, 1.82) is 0 Å². The summed E-state index contributed by atoms with van der Waals surface area (Å²) in [4.78, 5) is 11.6. The number of amides is 1. The van der Waals surface area contributed by atoms with Gasteiger partial charge in [-0.2, -0.15) is 0 Å². The van der Waals surface area contributed by atoms with Gasteiger partial charge in [0, 0.05) is 32.3 Å². The second-order valence-electron chi connectivity index (χ2n) is 5.32. The fourth-order valence-corrected chi connectivity index (χ4v) is 2.11. The second-order valence-corrected chi connectivity index (χ2v) is 5.32. The summed E-state index contributed by atoms with van der Waals surface area (Å²) in [7, 11) is 1.61. The van der Waals surface area contributed by atoms with E-state index in [4.69, 9.17) is 9.47 Å². The van der Waals surface area contributed by atoms with Crippen molar-refractivity contribution in [3.05, 3.63) is 60.2 Å². The predicted octanol–water partition coefficient (Wildman–Crippen LogP) is 2.83. The van der Waals surface area contributed by atoms with Gasteiger partial charge in [0.1, 0.15) is 12.4 Å². The maximum Gasteiger partial charge on any atom is 0.221 e. The number of benzene rings is 2. The second kappa shape index (κ2) is 10.3. The molecule has 1 amide bonds. The van der Waals surface area contributed by atoms with Gasteiger partial charge in [0.2, 0.25) is 5.91 Å². The molecular formula is C19H24N2O3. The summed E-state index contributed by atoms with van der Waals surface area (Å²) in [5.41, 5.74) is 2.10. The van der Waals surface area contributed by atoms with Gasteiger partial charge in [-0.1, -0.05) is 30.3 Å². The van der Waals surface area contributed by atoms with E-state index in [1.165, 1.54) is 0 Å². The van der Waals surface area contributed by atoms with E-state index in [-0.39, 0.29) is 5.91 Å². The molecular weight excluding hydrogens is 304 g/mol. The fourth-order valence-electron chi connectivity index (χ4n) is 2.11. The summed E-state index contributed by atoms with van der Waals surface area (Å²) in [6.45, 7) is 2.21. The Labute approximate surface area is 143 Å². The number of methoxy groups -OCH3 is 1. The Kier molecular flexibility index (Phi) is 7.63. The molecule has 2 N–H and O–H groups in total. The standard InChI is InChI=1S/C19H24N2O3/c1-23-14-13-21-19(22)11-12-20-17-7-9-18(10-8-17)24-15-16-5-3-2-4-6-16/h2-10,20H,11-15H2,1H3,(H,21,22). The molecule has 5 nitrogen and oxygen atoms in total. The number of carbonyl (C=O) groups excluding carboxylic acids is 1. The lowest BCUT2D eigenvalue weighted by molar-refractivity contribution is -0.121. The zero-order chi connectivity index (χ0) is 17.0. The van der Waals surface area contributed by atoms with E-state index in [1.807, 2.05) is 54.6 Å². The molecule has 0 fully saturated rings. The molecule has 0 bridgehead atoms. The van der Waals surface area contributed by atoms with Gasteiger partial charge in [0.05, 0.1) is 6.61 Å². The van der Waals surface area contributed by atoms with E-state index in [2.05, 4.69) is 10.6 Å². The summed E-state index contributed by atoms with van der Waals surface area (Å²) in [6.07, 6.45) is 0.427. The molecule has 2 aromatic rings. The number of ether oxygens (including phenoxy) is 2. The van der Waals surface area contributed by atoms with Crippen LogP contribution in [0.15, 0.2) is 54.6 Å². The zero-order valence-electron chi connectivity index (χ0n) is 14.0. The Morgan fingerprint density at radius 2 is 1.75 bits per heavy atom. The number of hydrogen-bond donors (Lipinski definition) is 2. The summed E-state index contributed by atoms with van der Waals surface area (Å²) in [5.74, 6) is 0.837. The number of anilines is 1. The molecule has 0 saturated carbocycles. The maximum absolute atomic E-state index is 11.6. The van der Waals surface area contributed by atoms with Gasteiger partial charge in [-0.25, -0.2) is 0 Å². The van der Waals surface area contributed by atoms with Crippen molar-refractivity contribution in [3.8, 4) is 5.75 Å². The predicted molar refractivity (Wildman–Crippen MR) is 95.2 cm³/mol. The van der Waals surface area contributed by atoms with Crippen LogP contribution in [0.1, 0.15) is 12.0 Å². The van der Waals surface area contributed by atoms with Crippen molar-refractivity contribution >= 4 is 11.6 Å². The maximum atomic E-state index is 11.6. The minimum atomic E-state index is 0.0161. The van der Waals surface area contributed by atoms with Crippen molar-refractivity contribution in [2.75, 3.05) is 32.1 Å². The van der Waals surface area contributed by atoms with Crippen molar-refractivity contribution in [2.24, 2.45) is 0 Å². The first-order chi connectivity index (χ1) is 11.8. The quantitative estimate of drug-likeness (QED) is 0.659. The number of carbonyl (C=O) groups is 1. The number of rotatable bonds is 10. The van der Waals surface area contributed by atoms with E-state index < -0.39 is 0 Å². The molecule has 2 aromatic carbocycles. The highest BCUT2D eigenvalue weighted by Gasteiger charge is 2.01. The third-order valence-corrected chi connectivity index (χ3v) is 3.41. The molecule has 0 unspecified atom stereocenters. The number of nitrogens with one attached hydrogen (secondary N) is 2. The van der Waals surface area contributed by atoms with Gasteiger partial charge in [0.15, 0.2) is 0 Å². The van der Waals surface area contributed by atoms with E-state index in [1.54, 1.807) is 7.11 Å². The molecule has 0 saturated heterocycles. The SMILES string of the molecule is COCCNC(=O)CCNc1ccc(OCc2ccccc2)cc1. The van der Waals surface area contributed by atoms with E-state index in [0.717, 1.165) is 17.0 Å². The third kappa shape index (κ3) is 6.71. The lowest BCUT2D eigenvalue weighted by Gasteiger charge is -2.09. The van der Waals surface area contributed by atoms with Crippen LogP contribution in [0.2, 0.25) is 0 Å². The monoisotopic (exact) mass is 328 g/mol. The molecule has 128 valence electrons. The van der Waals surface area contributed by atoms with Gasteiger partial charge < -0.3 is 20.1 Å². The molecule has 0 spiro atoms. The van der Waals surface area contributed by atoms with Gasteiger partial charge in [-0.3, -0.25) is 4.79 Å². The minimum Gasteiger partial charge on any atom is -0.489 e. The van der Waals surface area contributed by atoms with Gasteiger partial charge in [0.25, 0.3) is 0 Å². The lowest BCUT2D eigenvalue weighted by Crippen LogP contribution is -2.28. The first kappa shape index (κ1) is 17.8. The minimum absolute atomic E-state index is 0.0161. The summed E-state index contributed by atoms with van der Waals surface area (Å²) < 4.78 is 10.6. The topological polar surface area (TPSA) is 59.6 Å². The molecule has 0 aliphatic heterocycles. The average molecular weight is 328 g/mol. The van der Waals surface area contributed by atoms with Crippen LogP contribution in [-0.4, -0.2) is 32.7 Å². The Hall–Kier alpha value is -2.53. The van der Waals surface area contributed by atoms with Crippen LogP contribution in [0, 0.1) is 0 Å². The highest BCUT2D eigenvalue weighted by atomic mass is 16.5. The Balaban J connectivity index is 1.67. The molecule has 24 heavy (non-hydrogen) atoms. The Morgan fingerprint density at radius 1 is 1.00 bits per heavy atom.